The SMILES string of the molecule is Cl.N[C@@H](Cc1cccc(-c2ccccc2)c1)C(=O)O. The number of hydrogen-bond acceptors (Lipinski definition) is 2. The van der Waals surface area contributed by atoms with Crippen molar-refractivity contribution in [2.24, 2.45) is 5.73 Å². The third-order valence-corrected chi connectivity index (χ3v) is 2.81. The van der Waals surface area contributed by atoms with Crippen molar-refractivity contribution in [2.75, 3.05) is 0 Å². The second-order valence-electron chi connectivity index (χ2n) is 4.22. The summed E-state index contributed by atoms with van der Waals surface area (Å²) in [6.45, 7) is 0. The maximum atomic E-state index is 10.7. The number of aliphatic carboxylic acids is 1. The summed E-state index contributed by atoms with van der Waals surface area (Å²) < 4.78 is 0. The van der Waals surface area contributed by atoms with Crippen LogP contribution >= 0.6 is 12.4 Å². The average Bonchev–Trinajstić information content (AvgIpc) is 2.40. The lowest BCUT2D eigenvalue weighted by Crippen LogP contribution is -2.32. The van der Waals surface area contributed by atoms with Crippen LogP contribution in [0.4, 0.5) is 0 Å². The van der Waals surface area contributed by atoms with E-state index in [1.165, 1.54) is 0 Å². The molecule has 0 unspecified atom stereocenters. The average molecular weight is 278 g/mol. The van der Waals surface area contributed by atoms with E-state index in [4.69, 9.17) is 10.8 Å². The van der Waals surface area contributed by atoms with Crippen LogP contribution in [0.1, 0.15) is 5.56 Å². The third-order valence-electron chi connectivity index (χ3n) is 2.81. The number of nitrogens with two attached hydrogens (primary N) is 1. The lowest BCUT2D eigenvalue weighted by Gasteiger charge is -2.08. The Hall–Kier alpha value is -1.84. The molecule has 0 aromatic heterocycles. The van der Waals surface area contributed by atoms with Gasteiger partial charge in [-0.15, -0.1) is 12.4 Å². The summed E-state index contributed by atoms with van der Waals surface area (Å²) in [5.41, 5.74) is 8.66. The van der Waals surface area contributed by atoms with Crippen LogP contribution in [0, 0.1) is 0 Å². The molecule has 3 nitrogen and oxygen atoms in total. The first kappa shape index (κ1) is 15.2. The molecule has 100 valence electrons. The molecule has 2 rings (SSSR count). The molecule has 0 saturated carbocycles. The molecule has 2 aromatic rings. The Labute approximate surface area is 118 Å². The Morgan fingerprint density at radius 1 is 1.05 bits per heavy atom. The molecule has 0 bridgehead atoms. The highest BCUT2D eigenvalue weighted by Crippen LogP contribution is 2.20. The Morgan fingerprint density at radius 2 is 1.68 bits per heavy atom. The van der Waals surface area contributed by atoms with Crippen LogP contribution in [0.5, 0.6) is 0 Å². The van der Waals surface area contributed by atoms with Gasteiger partial charge in [0.15, 0.2) is 0 Å². The van der Waals surface area contributed by atoms with Crippen LogP contribution in [-0.4, -0.2) is 17.1 Å². The van der Waals surface area contributed by atoms with E-state index in [9.17, 15) is 4.79 Å². The Balaban J connectivity index is 0.00000180. The topological polar surface area (TPSA) is 63.3 Å². The van der Waals surface area contributed by atoms with Gasteiger partial charge in [-0.25, -0.2) is 0 Å². The maximum Gasteiger partial charge on any atom is 0.320 e. The van der Waals surface area contributed by atoms with Crippen molar-refractivity contribution in [3.63, 3.8) is 0 Å². The van der Waals surface area contributed by atoms with Gasteiger partial charge < -0.3 is 10.8 Å². The van der Waals surface area contributed by atoms with Crippen LogP contribution in [-0.2, 0) is 11.2 Å². The zero-order valence-corrected chi connectivity index (χ0v) is 11.1. The Morgan fingerprint density at radius 3 is 2.32 bits per heavy atom. The molecule has 0 radical (unpaired) electrons. The summed E-state index contributed by atoms with van der Waals surface area (Å²) in [4.78, 5) is 10.7. The zero-order chi connectivity index (χ0) is 13.0. The van der Waals surface area contributed by atoms with Crippen molar-refractivity contribution in [1.82, 2.24) is 0 Å². The van der Waals surface area contributed by atoms with Gasteiger partial charge in [0.05, 0.1) is 0 Å². The molecular formula is C15H16ClNO2. The minimum Gasteiger partial charge on any atom is -0.480 e. The van der Waals surface area contributed by atoms with E-state index in [1.807, 2.05) is 54.6 Å². The van der Waals surface area contributed by atoms with E-state index in [0.29, 0.717) is 6.42 Å². The van der Waals surface area contributed by atoms with Gasteiger partial charge in [0.1, 0.15) is 6.04 Å². The van der Waals surface area contributed by atoms with E-state index >= 15 is 0 Å². The minimum atomic E-state index is -0.972. The van der Waals surface area contributed by atoms with Gasteiger partial charge in [0, 0.05) is 0 Å². The van der Waals surface area contributed by atoms with E-state index < -0.39 is 12.0 Å². The monoisotopic (exact) mass is 277 g/mol. The predicted molar refractivity (Wildman–Crippen MR) is 78.4 cm³/mol. The van der Waals surface area contributed by atoms with Crippen LogP contribution in [0.3, 0.4) is 0 Å². The van der Waals surface area contributed by atoms with Crippen molar-refractivity contribution < 1.29 is 9.90 Å². The van der Waals surface area contributed by atoms with Gasteiger partial charge in [-0.3, -0.25) is 4.79 Å². The highest BCUT2D eigenvalue weighted by molar-refractivity contribution is 5.85. The van der Waals surface area contributed by atoms with E-state index in [1.54, 1.807) is 0 Å². The summed E-state index contributed by atoms with van der Waals surface area (Å²) in [5, 5.41) is 8.80. The molecule has 0 spiro atoms. The first-order valence-corrected chi connectivity index (χ1v) is 5.79. The minimum absolute atomic E-state index is 0. The smallest absolute Gasteiger partial charge is 0.320 e. The molecule has 3 N–H and O–H groups in total. The number of carboxylic acid groups (broad SMARTS) is 1. The predicted octanol–water partition coefficient (Wildman–Crippen LogP) is 2.73. The summed E-state index contributed by atoms with van der Waals surface area (Å²) in [6.07, 6.45) is 0.343. The number of halogens is 1. The lowest BCUT2D eigenvalue weighted by molar-refractivity contribution is -0.138. The Bertz CT molecular complexity index is 543. The molecule has 4 heteroatoms. The van der Waals surface area contributed by atoms with Gasteiger partial charge in [0.2, 0.25) is 0 Å². The van der Waals surface area contributed by atoms with Gasteiger partial charge in [-0.1, -0.05) is 54.6 Å². The maximum absolute atomic E-state index is 10.7. The largest absolute Gasteiger partial charge is 0.480 e. The fourth-order valence-electron chi connectivity index (χ4n) is 1.85. The van der Waals surface area contributed by atoms with Crippen molar-refractivity contribution in [2.45, 2.75) is 12.5 Å². The molecule has 0 saturated heterocycles. The number of rotatable bonds is 4. The number of benzene rings is 2. The van der Waals surface area contributed by atoms with E-state index in [2.05, 4.69) is 0 Å². The second-order valence-corrected chi connectivity index (χ2v) is 4.22. The standard InChI is InChI=1S/C15H15NO2.ClH/c16-14(15(17)18)10-11-5-4-8-13(9-11)12-6-2-1-3-7-12;/h1-9,14H,10,16H2,(H,17,18);1H/t14-;/m0./s1. The normalized spacial score (nSPS) is 11.4. The summed E-state index contributed by atoms with van der Waals surface area (Å²) >= 11 is 0. The van der Waals surface area contributed by atoms with Crippen LogP contribution in [0.15, 0.2) is 54.6 Å². The van der Waals surface area contributed by atoms with Crippen LogP contribution < -0.4 is 5.73 Å². The van der Waals surface area contributed by atoms with Crippen molar-refractivity contribution in [1.29, 1.82) is 0 Å². The molecule has 1 atom stereocenters. The van der Waals surface area contributed by atoms with E-state index in [0.717, 1.165) is 16.7 Å². The molecule has 0 fully saturated rings. The third kappa shape index (κ3) is 4.09. The zero-order valence-electron chi connectivity index (χ0n) is 10.3. The summed E-state index contributed by atoms with van der Waals surface area (Å²) in [5.74, 6) is -0.972. The molecule has 2 aromatic carbocycles. The summed E-state index contributed by atoms with van der Waals surface area (Å²) in [7, 11) is 0. The van der Waals surface area contributed by atoms with Crippen LogP contribution in [0.2, 0.25) is 0 Å². The lowest BCUT2D eigenvalue weighted by atomic mass is 10.00. The fraction of sp³-hybridized carbons (Fsp3) is 0.133. The molecule has 0 amide bonds. The summed E-state index contributed by atoms with van der Waals surface area (Å²) in [6, 6.07) is 16.9. The molecule has 0 heterocycles. The highest BCUT2D eigenvalue weighted by atomic mass is 35.5. The van der Waals surface area contributed by atoms with Gasteiger partial charge in [-0.05, 0) is 23.1 Å². The molecule has 0 aliphatic rings. The van der Waals surface area contributed by atoms with Gasteiger partial charge >= 0.3 is 5.97 Å². The van der Waals surface area contributed by atoms with Gasteiger partial charge in [-0.2, -0.15) is 0 Å². The fourth-order valence-corrected chi connectivity index (χ4v) is 1.85. The van der Waals surface area contributed by atoms with Crippen molar-refractivity contribution >= 4 is 18.4 Å². The van der Waals surface area contributed by atoms with Crippen molar-refractivity contribution in [3.05, 3.63) is 60.2 Å². The van der Waals surface area contributed by atoms with E-state index in [-0.39, 0.29) is 12.4 Å². The highest BCUT2D eigenvalue weighted by Gasteiger charge is 2.12. The molecular weight excluding hydrogens is 262 g/mol. The molecule has 0 aliphatic heterocycles. The molecule has 0 aliphatic carbocycles. The number of carboxylic acids is 1. The first-order valence-electron chi connectivity index (χ1n) is 5.79. The second kappa shape index (κ2) is 6.92. The Kier molecular flexibility index (Phi) is 5.55. The van der Waals surface area contributed by atoms with Gasteiger partial charge in [0.25, 0.3) is 0 Å². The molecule has 19 heavy (non-hydrogen) atoms. The van der Waals surface area contributed by atoms with Crippen LogP contribution in [0.25, 0.3) is 11.1 Å². The number of hydrogen-bond donors (Lipinski definition) is 2. The quantitative estimate of drug-likeness (QED) is 0.903. The van der Waals surface area contributed by atoms with Crippen molar-refractivity contribution in [3.8, 4) is 11.1 Å². The first-order chi connectivity index (χ1) is 8.66. The number of carbonyl (C=O) groups is 1.